The van der Waals surface area contributed by atoms with Gasteiger partial charge in [-0.05, 0) is 46.5 Å². The van der Waals surface area contributed by atoms with Crippen LogP contribution in [-0.4, -0.2) is 4.98 Å². The smallest absolute Gasteiger partial charge is 0.124 e. The minimum Gasteiger partial charge on any atom is -0.399 e. The van der Waals surface area contributed by atoms with Gasteiger partial charge in [-0.2, -0.15) is 0 Å². The maximum absolute atomic E-state index is 5.78. The number of nitrogens with two attached hydrogens (primary N) is 1. The minimum atomic E-state index is 0.785. The summed E-state index contributed by atoms with van der Waals surface area (Å²) in [6, 6.07) is 33.5. The molecule has 1 aromatic heterocycles. The Balaban J connectivity index is 1.48. The van der Waals surface area contributed by atoms with Gasteiger partial charge in [-0.15, -0.1) is 11.3 Å². The van der Waals surface area contributed by atoms with Gasteiger partial charge >= 0.3 is 0 Å². The molecule has 2 N–H and O–H groups in total. The first-order chi connectivity index (χ1) is 13.8. The Labute approximate surface area is 167 Å². The van der Waals surface area contributed by atoms with Crippen molar-refractivity contribution in [3.05, 3.63) is 97.1 Å². The molecular weight excluding hydrogens is 360 g/mol. The average molecular weight is 379 g/mol. The van der Waals surface area contributed by atoms with Crippen molar-refractivity contribution in [1.82, 2.24) is 4.98 Å². The zero-order valence-electron chi connectivity index (χ0n) is 15.2. The van der Waals surface area contributed by atoms with Crippen LogP contribution in [0.15, 0.2) is 97.1 Å². The van der Waals surface area contributed by atoms with Crippen molar-refractivity contribution < 1.29 is 0 Å². The van der Waals surface area contributed by atoms with Gasteiger partial charge in [0.05, 0.1) is 10.2 Å². The van der Waals surface area contributed by atoms with Crippen LogP contribution in [0, 0.1) is 0 Å². The predicted molar refractivity (Wildman–Crippen MR) is 120 cm³/mol. The lowest BCUT2D eigenvalue weighted by Crippen LogP contribution is -1.84. The van der Waals surface area contributed by atoms with Gasteiger partial charge in [0.25, 0.3) is 0 Å². The zero-order valence-corrected chi connectivity index (χ0v) is 16.0. The number of thiazole rings is 1. The standard InChI is InChI=1S/C25H18N2S/c26-22-13-10-18(11-14-22)17-6-8-19(9-7-17)21-12-15-23-24(16-21)28-25(27-23)20-4-2-1-3-5-20/h1-16H,26H2. The van der Waals surface area contributed by atoms with Gasteiger partial charge in [0, 0.05) is 11.3 Å². The third kappa shape index (κ3) is 3.17. The number of benzene rings is 4. The van der Waals surface area contributed by atoms with E-state index < -0.39 is 0 Å². The van der Waals surface area contributed by atoms with Crippen molar-refractivity contribution in [2.45, 2.75) is 0 Å². The van der Waals surface area contributed by atoms with E-state index in [1.165, 1.54) is 27.0 Å². The fourth-order valence-corrected chi connectivity index (χ4v) is 4.35. The number of anilines is 1. The van der Waals surface area contributed by atoms with Crippen LogP contribution in [0.5, 0.6) is 0 Å². The third-order valence-corrected chi connectivity index (χ3v) is 5.94. The molecule has 0 amide bonds. The van der Waals surface area contributed by atoms with E-state index >= 15 is 0 Å². The Morgan fingerprint density at radius 2 is 1.14 bits per heavy atom. The highest BCUT2D eigenvalue weighted by Crippen LogP contribution is 2.33. The normalized spacial score (nSPS) is 11.0. The fourth-order valence-electron chi connectivity index (χ4n) is 3.34. The molecule has 0 saturated carbocycles. The van der Waals surface area contributed by atoms with Gasteiger partial charge in [-0.1, -0.05) is 72.8 Å². The van der Waals surface area contributed by atoms with Crippen molar-refractivity contribution in [1.29, 1.82) is 0 Å². The molecule has 5 aromatic rings. The minimum absolute atomic E-state index is 0.785. The van der Waals surface area contributed by atoms with E-state index in [-0.39, 0.29) is 0 Å². The predicted octanol–water partition coefficient (Wildman–Crippen LogP) is 6.88. The molecule has 0 aliphatic rings. The Morgan fingerprint density at radius 3 is 1.82 bits per heavy atom. The summed E-state index contributed by atoms with van der Waals surface area (Å²) in [5.74, 6) is 0. The molecule has 5 rings (SSSR count). The number of nitrogen functional groups attached to an aromatic ring is 1. The first kappa shape index (κ1) is 16.7. The number of fused-ring (bicyclic) bond motifs is 1. The number of hydrogen-bond donors (Lipinski definition) is 1. The highest BCUT2D eigenvalue weighted by Gasteiger charge is 2.08. The van der Waals surface area contributed by atoms with Crippen LogP contribution >= 0.6 is 11.3 Å². The Bertz CT molecular complexity index is 1240. The molecule has 0 aliphatic heterocycles. The molecule has 3 heteroatoms. The van der Waals surface area contributed by atoms with Crippen LogP contribution < -0.4 is 5.73 Å². The number of hydrogen-bond acceptors (Lipinski definition) is 3. The van der Waals surface area contributed by atoms with E-state index in [0.717, 1.165) is 21.8 Å². The second kappa shape index (κ2) is 6.95. The maximum Gasteiger partial charge on any atom is 0.124 e. The van der Waals surface area contributed by atoms with E-state index in [4.69, 9.17) is 10.7 Å². The summed E-state index contributed by atoms with van der Waals surface area (Å²) in [5, 5.41) is 1.06. The molecule has 0 spiro atoms. The van der Waals surface area contributed by atoms with E-state index in [2.05, 4.69) is 78.9 Å². The van der Waals surface area contributed by atoms with Crippen LogP contribution in [-0.2, 0) is 0 Å². The van der Waals surface area contributed by atoms with Crippen LogP contribution in [0.1, 0.15) is 0 Å². The van der Waals surface area contributed by atoms with Crippen LogP contribution in [0.2, 0.25) is 0 Å². The van der Waals surface area contributed by atoms with Gasteiger partial charge < -0.3 is 5.73 Å². The topological polar surface area (TPSA) is 38.9 Å². The third-order valence-electron chi connectivity index (χ3n) is 4.87. The van der Waals surface area contributed by atoms with Crippen molar-refractivity contribution in [3.63, 3.8) is 0 Å². The van der Waals surface area contributed by atoms with Crippen LogP contribution in [0.25, 0.3) is 43.0 Å². The molecule has 134 valence electrons. The first-order valence-corrected chi connectivity index (χ1v) is 10.0. The van der Waals surface area contributed by atoms with E-state index in [1.807, 2.05) is 18.2 Å². The second-order valence-electron chi connectivity index (χ2n) is 6.77. The highest BCUT2D eigenvalue weighted by atomic mass is 32.1. The molecule has 0 unspecified atom stereocenters. The Kier molecular flexibility index (Phi) is 4.15. The summed E-state index contributed by atoms with van der Waals surface area (Å²) in [6.45, 7) is 0. The molecule has 0 fully saturated rings. The number of nitrogens with zero attached hydrogens (tertiary/aromatic N) is 1. The summed E-state index contributed by atoms with van der Waals surface area (Å²) < 4.78 is 1.21. The SMILES string of the molecule is Nc1ccc(-c2ccc(-c3ccc4nc(-c5ccccc5)sc4c3)cc2)cc1. The lowest BCUT2D eigenvalue weighted by molar-refractivity contribution is 1.48. The molecule has 4 aromatic carbocycles. The van der Waals surface area contributed by atoms with Crippen LogP contribution in [0.4, 0.5) is 5.69 Å². The molecule has 0 radical (unpaired) electrons. The number of aromatic nitrogens is 1. The van der Waals surface area contributed by atoms with E-state index in [0.29, 0.717) is 0 Å². The van der Waals surface area contributed by atoms with Gasteiger partial charge in [-0.25, -0.2) is 4.98 Å². The molecule has 2 nitrogen and oxygen atoms in total. The summed E-state index contributed by atoms with van der Waals surface area (Å²) in [6.07, 6.45) is 0. The molecule has 28 heavy (non-hydrogen) atoms. The van der Waals surface area contributed by atoms with Crippen molar-refractivity contribution in [3.8, 4) is 32.8 Å². The largest absolute Gasteiger partial charge is 0.399 e. The van der Waals surface area contributed by atoms with Crippen molar-refractivity contribution in [2.75, 3.05) is 5.73 Å². The average Bonchev–Trinajstić information content (AvgIpc) is 3.19. The quantitative estimate of drug-likeness (QED) is 0.348. The molecule has 1 heterocycles. The van der Waals surface area contributed by atoms with Crippen molar-refractivity contribution in [2.24, 2.45) is 0 Å². The second-order valence-corrected chi connectivity index (χ2v) is 7.80. The first-order valence-electron chi connectivity index (χ1n) is 9.19. The fraction of sp³-hybridized carbons (Fsp3) is 0. The molecule has 0 atom stereocenters. The van der Waals surface area contributed by atoms with E-state index in [9.17, 15) is 0 Å². The van der Waals surface area contributed by atoms with Crippen molar-refractivity contribution >= 4 is 27.2 Å². The lowest BCUT2D eigenvalue weighted by Gasteiger charge is -2.05. The highest BCUT2D eigenvalue weighted by molar-refractivity contribution is 7.21. The molecule has 0 saturated heterocycles. The van der Waals surface area contributed by atoms with Gasteiger partial charge in [0.1, 0.15) is 5.01 Å². The molecular formula is C25H18N2S. The van der Waals surface area contributed by atoms with Crippen LogP contribution in [0.3, 0.4) is 0 Å². The maximum atomic E-state index is 5.78. The van der Waals surface area contributed by atoms with E-state index in [1.54, 1.807) is 11.3 Å². The summed E-state index contributed by atoms with van der Waals surface area (Å²) in [4.78, 5) is 4.79. The Morgan fingerprint density at radius 1 is 0.571 bits per heavy atom. The van der Waals surface area contributed by atoms with Gasteiger partial charge in [-0.3, -0.25) is 0 Å². The zero-order chi connectivity index (χ0) is 18.9. The summed E-state index contributed by atoms with van der Waals surface area (Å²) >= 11 is 1.74. The molecule has 0 aliphatic carbocycles. The lowest BCUT2D eigenvalue weighted by atomic mass is 10.00. The Hall–Kier alpha value is -3.43. The monoisotopic (exact) mass is 378 g/mol. The van der Waals surface area contributed by atoms with Gasteiger partial charge in [0.2, 0.25) is 0 Å². The summed E-state index contributed by atoms with van der Waals surface area (Å²) in [5.41, 5.74) is 13.6. The number of rotatable bonds is 3. The molecule has 0 bridgehead atoms. The van der Waals surface area contributed by atoms with Gasteiger partial charge in [0.15, 0.2) is 0 Å². The summed E-state index contributed by atoms with van der Waals surface area (Å²) in [7, 11) is 0.